The number of nitrogens with zero attached hydrogens (tertiary/aromatic N) is 3. The molecule has 0 unspecified atom stereocenters. The SMILES string of the molecule is O=[N+]([O-])c1cc2c(O)c3n(c2cc1Cl)CCC=N3. The average molecular weight is 266 g/mol. The Kier molecular flexibility index (Phi) is 2.27. The summed E-state index contributed by atoms with van der Waals surface area (Å²) < 4.78 is 1.81. The minimum atomic E-state index is -0.568. The van der Waals surface area contributed by atoms with E-state index in [0.717, 1.165) is 6.42 Å². The summed E-state index contributed by atoms with van der Waals surface area (Å²) in [6, 6.07) is 2.78. The highest BCUT2D eigenvalue weighted by atomic mass is 35.5. The number of aryl methyl sites for hydroxylation is 1. The van der Waals surface area contributed by atoms with Crippen LogP contribution in [0, 0.1) is 10.1 Å². The van der Waals surface area contributed by atoms with E-state index in [4.69, 9.17) is 11.6 Å². The number of aromatic hydroxyl groups is 1. The standard InChI is InChI=1S/C11H8ClN3O3/c12-7-5-8-6(4-9(7)15(17)18)10(16)11-13-2-1-3-14(8)11/h2,4-5,16H,1,3H2. The monoisotopic (exact) mass is 265 g/mol. The third kappa shape index (κ3) is 1.39. The molecule has 0 aliphatic carbocycles. The molecule has 0 amide bonds. The molecule has 1 aliphatic rings. The first-order valence-electron chi connectivity index (χ1n) is 5.31. The molecule has 92 valence electrons. The van der Waals surface area contributed by atoms with Crippen molar-refractivity contribution in [2.24, 2.45) is 4.99 Å². The smallest absolute Gasteiger partial charge is 0.288 e. The van der Waals surface area contributed by atoms with Gasteiger partial charge in [-0.15, -0.1) is 0 Å². The van der Waals surface area contributed by atoms with Crippen molar-refractivity contribution in [3.05, 3.63) is 27.3 Å². The number of rotatable bonds is 1. The molecule has 0 radical (unpaired) electrons. The molecule has 0 spiro atoms. The van der Waals surface area contributed by atoms with Crippen molar-refractivity contribution in [2.75, 3.05) is 0 Å². The molecule has 1 aromatic heterocycles. The van der Waals surface area contributed by atoms with Crippen LogP contribution < -0.4 is 0 Å². The molecule has 0 fully saturated rings. The Balaban J connectivity index is 2.40. The highest BCUT2D eigenvalue weighted by molar-refractivity contribution is 6.33. The number of aliphatic imine (C=N–C) groups is 1. The van der Waals surface area contributed by atoms with Crippen LogP contribution in [-0.4, -0.2) is 20.8 Å². The molecule has 18 heavy (non-hydrogen) atoms. The molecule has 2 aromatic rings. The Morgan fingerprint density at radius 1 is 1.50 bits per heavy atom. The van der Waals surface area contributed by atoms with Crippen molar-refractivity contribution in [2.45, 2.75) is 13.0 Å². The van der Waals surface area contributed by atoms with Crippen LogP contribution in [0.5, 0.6) is 5.75 Å². The average Bonchev–Trinajstić information content (AvgIpc) is 2.62. The molecule has 0 atom stereocenters. The Labute approximate surface area is 106 Å². The van der Waals surface area contributed by atoms with Gasteiger partial charge in [-0.05, 0) is 6.07 Å². The van der Waals surface area contributed by atoms with E-state index < -0.39 is 4.92 Å². The zero-order chi connectivity index (χ0) is 12.9. The maximum atomic E-state index is 10.8. The second kappa shape index (κ2) is 3.71. The van der Waals surface area contributed by atoms with Crippen molar-refractivity contribution in [1.29, 1.82) is 0 Å². The zero-order valence-electron chi connectivity index (χ0n) is 9.13. The maximum Gasteiger partial charge on any atom is 0.288 e. The molecular formula is C11H8ClN3O3. The molecule has 0 bridgehead atoms. The fourth-order valence-electron chi connectivity index (χ4n) is 2.16. The second-order valence-corrected chi connectivity index (χ2v) is 4.41. The fraction of sp³-hybridized carbons (Fsp3) is 0.182. The molecule has 2 heterocycles. The van der Waals surface area contributed by atoms with Gasteiger partial charge in [-0.25, -0.2) is 4.99 Å². The van der Waals surface area contributed by atoms with Crippen LogP contribution in [-0.2, 0) is 6.54 Å². The number of hydrogen-bond donors (Lipinski definition) is 1. The minimum Gasteiger partial charge on any atom is -0.504 e. The van der Waals surface area contributed by atoms with Gasteiger partial charge in [0.1, 0.15) is 5.02 Å². The first kappa shape index (κ1) is 11.0. The predicted molar refractivity (Wildman–Crippen MR) is 68.0 cm³/mol. The van der Waals surface area contributed by atoms with E-state index in [1.165, 1.54) is 12.1 Å². The van der Waals surface area contributed by atoms with Gasteiger partial charge >= 0.3 is 0 Å². The summed E-state index contributed by atoms with van der Waals surface area (Å²) in [4.78, 5) is 14.4. The van der Waals surface area contributed by atoms with Gasteiger partial charge in [0, 0.05) is 25.2 Å². The quantitative estimate of drug-likeness (QED) is 0.636. The van der Waals surface area contributed by atoms with E-state index in [0.29, 0.717) is 23.3 Å². The lowest BCUT2D eigenvalue weighted by Gasteiger charge is -2.09. The number of aromatic nitrogens is 1. The van der Waals surface area contributed by atoms with E-state index in [-0.39, 0.29) is 16.5 Å². The number of nitro groups is 1. The minimum absolute atomic E-state index is 0.0410. The van der Waals surface area contributed by atoms with Gasteiger partial charge in [-0.3, -0.25) is 10.1 Å². The number of halogens is 1. The first-order valence-corrected chi connectivity index (χ1v) is 5.69. The van der Waals surface area contributed by atoms with E-state index in [2.05, 4.69) is 4.99 Å². The van der Waals surface area contributed by atoms with Crippen LogP contribution in [0.4, 0.5) is 11.5 Å². The lowest BCUT2D eigenvalue weighted by Crippen LogP contribution is -2.02. The topological polar surface area (TPSA) is 80.7 Å². The van der Waals surface area contributed by atoms with Crippen molar-refractivity contribution in [1.82, 2.24) is 4.57 Å². The van der Waals surface area contributed by atoms with Crippen LogP contribution >= 0.6 is 11.6 Å². The summed E-state index contributed by atoms with van der Waals surface area (Å²) in [7, 11) is 0. The largest absolute Gasteiger partial charge is 0.504 e. The van der Waals surface area contributed by atoms with Gasteiger partial charge in [0.15, 0.2) is 11.6 Å². The van der Waals surface area contributed by atoms with Crippen molar-refractivity contribution in [3.8, 4) is 5.75 Å². The third-order valence-corrected chi connectivity index (χ3v) is 3.27. The molecule has 1 aliphatic heterocycles. The van der Waals surface area contributed by atoms with Gasteiger partial charge in [0.05, 0.1) is 15.8 Å². The first-order chi connectivity index (χ1) is 8.59. The van der Waals surface area contributed by atoms with E-state index in [1.807, 2.05) is 0 Å². The van der Waals surface area contributed by atoms with Crippen molar-refractivity contribution >= 4 is 40.2 Å². The molecule has 1 aromatic carbocycles. The van der Waals surface area contributed by atoms with Gasteiger partial charge in [-0.2, -0.15) is 0 Å². The van der Waals surface area contributed by atoms with Gasteiger partial charge in [0.25, 0.3) is 5.69 Å². The number of hydrogen-bond acceptors (Lipinski definition) is 4. The Morgan fingerprint density at radius 3 is 3.00 bits per heavy atom. The Bertz CT molecular complexity index is 705. The predicted octanol–water partition coefficient (Wildman–Crippen LogP) is 3.01. The van der Waals surface area contributed by atoms with Crippen LogP contribution in [0.25, 0.3) is 10.9 Å². The summed E-state index contributed by atoms with van der Waals surface area (Å²) in [6.45, 7) is 0.671. The van der Waals surface area contributed by atoms with Crippen LogP contribution in [0.3, 0.4) is 0 Å². The Morgan fingerprint density at radius 2 is 2.28 bits per heavy atom. The summed E-state index contributed by atoms with van der Waals surface area (Å²) in [5.74, 6) is 0.383. The summed E-state index contributed by atoms with van der Waals surface area (Å²) in [6.07, 6.45) is 2.47. The number of fused-ring (bicyclic) bond motifs is 3. The zero-order valence-corrected chi connectivity index (χ0v) is 9.89. The lowest BCUT2D eigenvalue weighted by atomic mass is 10.2. The van der Waals surface area contributed by atoms with Crippen LogP contribution in [0.1, 0.15) is 6.42 Å². The van der Waals surface area contributed by atoms with Crippen molar-refractivity contribution in [3.63, 3.8) is 0 Å². The van der Waals surface area contributed by atoms with Gasteiger partial charge in [-0.1, -0.05) is 11.6 Å². The Hall–Kier alpha value is -2.08. The maximum absolute atomic E-state index is 10.8. The highest BCUT2D eigenvalue weighted by Crippen LogP contribution is 2.43. The molecule has 0 saturated carbocycles. The van der Waals surface area contributed by atoms with Crippen molar-refractivity contribution < 1.29 is 10.0 Å². The molecule has 0 saturated heterocycles. The fourth-order valence-corrected chi connectivity index (χ4v) is 2.39. The molecule has 7 heteroatoms. The normalized spacial score (nSPS) is 13.8. The van der Waals surface area contributed by atoms with E-state index in [9.17, 15) is 15.2 Å². The third-order valence-electron chi connectivity index (χ3n) is 2.97. The second-order valence-electron chi connectivity index (χ2n) is 4.00. The number of nitro benzene ring substituents is 1. The summed E-state index contributed by atoms with van der Waals surface area (Å²) in [5, 5.41) is 21.3. The van der Waals surface area contributed by atoms with E-state index >= 15 is 0 Å². The number of benzene rings is 1. The highest BCUT2D eigenvalue weighted by Gasteiger charge is 2.22. The van der Waals surface area contributed by atoms with E-state index in [1.54, 1.807) is 10.8 Å². The lowest BCUT2D eigenvalue weighted by molar-refractivity contribution is -0.384. The summed E-state index contributed by atoms with van der Waals surface area (Å²) in [5.41, 5.74) is 0.446. The summed E-state index contributed by atoms with van der Waals surface area (Å²) >= 11 is 5.87. The van der Waals surface area contributed by atoms with Gasteiger partial charge in [0.2, 0.25) is 0 Å². The molecule has 6 nitrogen and oxygen atoms in total. The molecular weight excluding hydrogens is 258 g/mol. The van der Waals surface area contributed by atoms with Gasteiger partial charge < -0.3 is 9.67 Å². The van der Waals surface area contributed by atoms with Crippen LogP contribution in [0.2, 0.25) is 5.02 Å². The molecule has 1 N–H and O–H groups in total. The molecule has 3 rings (SSSR count). The van der Waals surface area contributed by atoms with Crippen LogP contribution in [0.15, 0.2) is 17.1 Å².